The van der Waals surface area contributed by atoms with Crippen LogP contribution >= 0.6 is 0 Å². The zero-order chi connectivity index (χ0) is 13.7. The SMILES string of the molecule is COC(CNC(=O)c1cccc(C)c1C)C(=O)O. The van der Waals surface area contributed by atoms with Crippen molar-refractivity contribution in [3.8, 4) is 0 Å². The molecule has 98 valence electrons. The third-order valence-corrected chi connectivity index (χ3v) is 2.86. The second-order valence-electron chi connectivity index (χ2n) is 4.02. The monoisotopic (exact) mass is 251 g/mol. The molecule has 0 aliphatic rings. The molecule has 2 N–H and O–H groups in total. The molecule has 18 heavy (non-hydrogen) atoms. The van der Waals surface area contributed by atoms with Gasteiger partial charge in [-0.25, -0.2) is 4.79 Å². The predicted octanol–water partition coefficient (Wildman–Crippen LogP) is 1.13. The number of nitrogens with one attached hydrogen (secondary N) is 1. The van der Waals surface area contributed by atoms with E-state index in [9.17, 15) is 9.59 Å². The van der Waals surface area contributed by atoms with Gasteiger partial charge in [0, 0.05) is 12.7 Å². The highest BCUT2D eigenvalue weighted by molar-refractivity contribution is 5.96. The van der Waals surface area contributed by atoms with E-state index in [-0.39, 0.29) is 12.5 Å². The first-order chi connectivity index (χ1) is 8.47. The van der Waals surface area contributed by atoms with Gasteiger partial charge in [0.05, 0.1) is 6.54 Å². The standard InChI is InChI=1S/C13H17NO4/c1-8-5-4-6-10(9(8)2)12(15)14-7-11(18-3)13(16)17/h4-6,11H,7H2,1-3H3,(H,14,15)(H,16,17). The summed E-state index contributed by atoms with van der Waals surface area (Å²) in [6.45, 7) is 3.72. The Balaban J connectivity index is 2.71. The van der Waals surface area contributed by atoms with Crippen LogP contribution in [0.3, 0.4) is 0 Å². The van der Waals surface area contributed by atoms with Crippen molar-refractivity contribution in [3.05, 3.63) is 34.9 Å². The molecule has 0 fully saturated rings. The molecule has 0 aliphatic carbocycles. The van der Waals surface area contributed by atoms with Gasteiger partial charge in [0.15, 0.2) is 6.10 Å². The van der Waals surface area contributed by atoms with Crippen molar-refractivity contribution < 1.29 is 19.4 Å². The second kappa shape index (κ2) is 6.16. The molecule has 1 aromatic rings. The summed E-state index contributed by atoms with van der Waals surface area (Å²) in [5, 5.41) is 11.3. The third kappa shape index (κ3) is 3.30. The van der Waals surface area contributed by atoms with Crippen LogP contribution in [0.15, 0.2) is 18.2 Å². The number of hydrogen-bond donors (Lipinski definition) is 2. The molecule has 0 radical (unpaired) electrons. The van der Waals surface area contributed by atoms with Crippen molar-refractivity contribution in [1.29, 1.82) is 0 Å². The average molecular weight is 251 g/mol. The molecule has 0 saturated heterocycles. The van der Waals surface area contributed by atoms with Crippen molar-refractivity contribution >= 4 is 11.9 Å². The Kier molecular flexibility index (Phi) is 4.85. The van der Waals surface area contributed by atoms with Gasteiger partial charge in [0.1, 0.15) is 0 Å². The van der Waals surface area contributed by atoms with E-state index in [1.54, 1.807) is 12.1 Å². The first-order valence-electron chi connectivity index (χ1n) is 5.57. The highest BCUT2D eigenvalue weighted by Gasteiger charge is 2.18. The number of benzene rings is 1. The number of methoxy groups -OCH3 is 1. The molecular formula is C13H17NO4. The minimum atomic E-state index is -1.10. The highest BCUT2D eigenvalue weighted by atomic mass is 16.5. The molecule has 0 bridgehead atoms. The van der Waals surface area contributed by atoms with E-state index < -0.39 is 12.1 Å². The molecule has 0 aliphatic heterocycles. The van der Waals surface area contributed by atoms with Gasteiger partial charge in [-0.1, -0.05) is 12.1 Å². The van der Waals surface area contributed by atoms with Crippen LogP contribution in [0.1, 0.15) is 21.5 Å². The zero-order valence-corrected chi connectivity index (χ0v) is 10.7. The minimum absolute atomic E-state index is 0.0575. The fourth-order valence-corrected chi connectivity index (χ4v) is 1.55. The van der Waals surface area contributed by atoms with Crippen molar-refractivity contribution in [2.45, 2.75) is 20.0 Å². The third-order valence-electron chi connectivity index (χ3n) is 2.86. The molecular weight excluding hydrogens is 234 g/mol. The van der Waals surface area contributed by atoms with Crippen LogP contribution < -0.4 is 5.32 Å². The smallest absolute Gasteiger partial charge is 0.334 e. The van der Waals surface area contributed by atoms with E-state index in [1.807, 2.05) is 19.9 Å². The van der Waals surface area contributed by atoms with E-state index in [1.165, 1.54) is 7.11 Å². The van der Waals surface area contributed by atoms with Gasteiger partial charge in [-0.05, 0) is 31.0 Å². The topological polar surface area (TPSA) is 75.6 Å². The maximum Gasteiger partial charge on any atom is 0.334 e. The maximum absolute atomic E-state index is 11.9. The molecule has 0 aromatic heterocycles. The summed E-state index contributed by atoms with van der Waals surface area (Å²) in [7, 11) is 1.29. The Morgan fingerprint density at radius 1 is 1.39 bits per heavy atom. The summed E-state index contributed by atoms with van der Waals surface area (Å²) in [5.41, 5.74) is 2.46. The summed E-state index contributed by atoms with van der Waals surface area (Å²) in [6.07, 6.45) is -1.03. The molecule has 5 heteroatoms. The maximum atomic E-state index is 11.9. The number of hydrogen-bond acceptors (Lipinski definition) is 3. The normalized spacial score (nSPS) is 11.9. The van der Waals surface area contributed by atoms with Crippen molar-refractivity contribution in [2.24, 2.45) is 0 Å². The van der Waals surface area contributed by atoms with E-state index in [0.717, 1.165) is 11.1 Å². The molecule has 1 rings (SSSR count). The quantitative estimate of drug-likeness (QED) is 0.822. The van der Waals surface area contributed by atoms with Crippen LogP contribution in [-0.2, 0) is 9.53 Å². The van der Waals surface area contributed by atoms with Crippen LogP contribution in [0.25, 0.3) is 0 Å². The van der Waals surface area contributed by atoms with Crippen LogP contribution in [0, 0.1) is 13.8 Å². The average Bonchev–Trinajstić information content (AvgIpc) is 2.32. The fourth-order valence-electron chi connectivity index (χ4n) is 1.55. The predicted molar refractivity (Wildman–Crippen MR) is 66.7 cm³/mol. The fraction of sp³-hybridized carbons (Fsp3) is 0.385. The Morgan fingerprint density at radius 2 is 2.06 bits per heavy atom. The van der Waals surface area contributed by atoms with Gasteiger partial charge in [0.25, 0.3) is 5.91 Å². The molecule has 1 atom stereocenters. The lowest BCUT2D eigenvalue weighted by Gasteiger charge is -2.13. The van der Waals surface area contributed by atoms with E-state index in [0.29, 0.717) is 5.56 Å². The van der Waals surface area contributed by atoms with Crippen LogP contribution in [0.4, 0.5) is 0 Å². The lowest BCUT2D eigenvalue weighted by molar-refractivity contribution is -0.148. The van der Waals surface area contributed by atoms with Crippen LogP contribution in [0.5, 0.6) is 0 Å². The lowest BCUT2D eigenvalue weighted by atomic mass is 10.0. The number of carboxylic acids is 1. The number of carboxylic acid groups (broad SMARTS) is 1. The Labute approximate surface area is 106 Å². The molecule has 0 saturated carbocycles. The molecule has 1 aromatic carbocycles. The molecule has 0 spiro atoms. The molecule has 5 nitrogen and oxygen atoms in total. The number of amides is 1. The van der Waals surface area contributed by atoms with Gasteiger partial charge in [0.2, 0.25) is 0 Å². The molecule has 1 unspecified atom stereocenters. The molecule has 0 heterocycles. The first kappa shape index (κ1) is 14.2. The van der Waals surface area contributed by atoms with Gasteiger partial charge in [-0.15, -0.1) is 0 Å². The first-order valence-corrected chi connectivity index (χ1v) is 5.57. The van der Waals surface area contributed by atoms with E-state index >= 15 is 0 Å². The Hall–Kier alpha value is -1.88. The van der Waals surface area contributed by atoms with E-state index in [2.05, 4.69) is 5.32 Å². The lowest BCUT2D eigenvalue weighted by Crippen LogP contribution is -2.38. The van der Waals surface area contributed by atoms with Crippen molar-refractivity contribution in [2.75, 3.05) is 13.7 Å². The van der Waals surface area contributed by atoms with Crippen LogP contribution in [-0.4, -0.2) is 36.7 Å². The summed E-state index contributed by atoms with van der Waals surface area (Å²) in [5.74, 6) is -1.39. The number of rotatable bonds is 5. The summed E-state index contributed by atoms with van der Waals surface area (Å²) in [6, 6.07) is 5.42. The van der Waals surface area contributed by atoms with Gasteiger partial charge in [-0.3, -0.25) is 4.79 Å². The highest BCUT2D eigenvalue weighted by Crippen LogP contribution is 2.12. The largest absolute Gasteiger partial charge is 0.479 e. The van der Waals surface area contributed by atoms with Gasteiger partial charge >= 0.3 is 5.97 Å². The summed E-state index contributed by atoms with van der Waals surface area (Å²) >= 11 is 0. The van der Waals surface area contributed by atoms with Crippen molar-refractivity contribution in [1.82, 2.24) is 5.32 Å². The van der Waals surface area contributed by atoms with Gasteiger partial charge in [-0.2, -0.15) is 0 Å². The Morgan fingerprint density at radius 3 is 2.61 bits per heavy atom. The van der Waals surface area contributed by atoms with E-state index in [4.69, 9.17) is 9.84 Å². The Bertz CT molecular complexity index is 456. The zero-order valence-electron chi connectivity index (χ0n) is 10.7. The van der Waals surface area contributed by atoms with Crippen LogP contribution in [0.2, 0.25) is 0 Å². The minimum Gasteiger partial charge on any atom is -0.479 e. The number of carbonyl (C=O) groups excluding carboxylic acids is 1. The summed E-state index contributed by atoms with van der Waals surface area (Å²) in [4.78, 5) is 22.6. The number of carbonyl (C=O) groups is 2. The number of aryl methyl sites for hydroxylation is 1. The number of aliphatic carboxylic acids is 1. The summed E-state index contributed by atoms with van der Waals surface area (Å²) < 4.78 is 4.74. The number of ether oxygens (including phenoxy) is 1. The van der Waals surface area contributed by atoms with Crippen molar-refractivity contribution in [3.63, 3.8) is 0 Å². The molecule has 1 amide bonds. The van der Waals surface area contributed by atoms with Gasteiger partial charge < -0.3 is 15.2 Å². The second-order valence-corrected chi connectivity index (χ2v) is 4.02.